The molecule has 0 heterocycles. The highest BCUT2D eigenvalue weighted by molar-refractivity contribution is 5.70. The summed E-state index contributed by atoms with van der Waals surface area (Å²) in [5.41, 5.74) is 0. The van der Waals surface area contributed by atoms with Crippen molar-refractivity contribution in [2.75, 3.05) is 0 Å². The minimum atomic E-state index is 0.401. The van der Waals surface area contributed by atoms with Gasteiger partial charge in [-0.25, -0.2) is 0 Å². The van der Waals surface area contributed by atoms with Crippen LogP contribution < -0.4 is 0 Å². The molecule has 0 amide bonds. The van der Waals surface area contributed by atoms with Crippen LogP contribution in [0.4, 0.5) is 0 Å². The largest absolute Gasteiger partial charge is 0.290 e. The lowest BCUT2D eigenvalue weighted by atomic mass is 10.4. The van der Waals surface area contributed by atoms with Crippen LogP contribution in [0.5, 0.6) is 0 Å². The number of rotatable bonds is 2. The van der Waals surface area contributed by atoms with Crippen LogP contribution >= 0.6 is 0 Å². The smallest absolute Gasteiger partial charge is 0.0443 e. The Morgan fingerprint density at radius 2 is 2.14 bits per heavy atom. The standard InChI is InChI=1S/C6H11N/c1-4-5-7-6(2)3/h4-6H,1H2,2-3H3/b7-5+. The molecule has 0 aromatic carbocycles. The molecule has 0 N–H and O–H groups in total. The minimum absolute atomic E-state index is 0.401. The zero-order valence-corrected chi connectivity index (χ0v) is 4.89. The number of hydrogen-bond donors (Lipinski definition) is 0. The third-order valence-corrected chi connectivity index (χ3v) is 0.490. The summed E-state index contributed by atoms with van der Waals surface area (Å²) in [7, 11) is 0. The normalized spacial score (nSPS) is 10.7. The van der Waals surface area contributed by atoms with Crippen molar-refractivity contribution in [1.29, 1.82) is 0 Å². The molecule has 0 spiro atoms. The van der Waals surface area contributed by atoms with E-state index >= 15 is 0 Å². The molecule has 0 bridgehead atoms. The monoisotopic (exact) mass is 97.1 g/mol. The Bertz CT molecular complexity index is 72.2. The molecule has 0 saturated carbocycles. The Balaban J connectivity index is 3.25. The Hall–Kier alpha value is -0.590. The Kier molecular flexibility index (Phi) is 3.29. The average Bonchev–Trinajstić information content (AvgIpc) is 1.61. The summed E-state index contributed by atoms with van der Waals surface area (Å²) in [5.74, 6) is 0. The number of aliphatic imine (C=N–C) groups is 1. The molecule has 1 nitrogen and oxygen atoms in total. The first kappa shape index (κ1) is 6.41. The Morgan fingerprint density at radius 3 is 2.29 bits per heavy atom. The maximum atomic E-state index is 4.00. The van der Waals surface area contributed by atoms with Crippen molar-refractivity contribution in [3.05, 3.63) is 12.7 Å². The van der Waals surface area contributed by atoms with Gasteiger partial charge in [0, 0.05) is 12.3 Å². The lowest BCUT2D eigenvalue weighted by Crippen LogP contribution is -1.85. The molecule has 0 rings (SSSR count). The fourth-order valence-electron chi connectivity index (χ4n) is 0.233. The highest BCUT2D eigenvalue weighted by atomic mass is 14.7. The van der Waals surface area contributed by atoms with Crippen LogP contribution in [0.2, 0.25) is 0 Å². The van der Waals surface area contributed by atoms with Gasteiger partial charge < -0.3 is 0 Å². The van der Waals surface area contributed by atoms with Gasteiger partial charge >= 0.3 is 0 Å². The Labute approximate surface area is 44.8 Å². The predicted molar refractivity (Wildman–Crippen MR) is 33.8 cm³/mol. The van der Waals surface area contributed by atoms with Crippen LogP contribution in [0.25, 0.3) is 0 Å². The minimum Gasteiger partial charge on any atom is -0.290 e. The summed E-state index contributed by atoms with van der Waals surface area (Å²) in [6, 6.07) is 0.401. The first-order chi connectivity index (χ1) is 3.27. The molecule has 0 atom stereocenters. The molecular weight excluding hydrogens is 86.1 g/mol. The first-order valence-electron chi connectivity index (χ1n) is 2.41. The van der Waals surface area contributed by atoms with Crippen molar-refractivity contribution in [2.45, 2.75) is 19.9 Å². The summed E-state index contributed by atoms with van der Waals surface area (Å²) in [6.45, 7) is 7.54. The van der Waals surface area contributed by atoms with Crippen LogP contribution in [0, 0.1) is 0 Å². The highest BCUT2D eigenvalue weighted by Gasteiger charge is 1.77. The molecule has 0 unspecified atom stereocenters. The predicted octanol–water partition coefficient (Wildman–Crippen LogP) is 1.65. The second-order valence-corrected chi connectivity index (χ2v) is 1.63. The molecule has 0 aliphatic heterocycles. The van der Waals surface area contributed by atoms with E-state index in [-0.39, 0.29) is 0 Å². The van der Waals surface area contributed by atoms with Crippen molar-refractivity contribution in [1.82, 2.24) is 0 Å². The van der Waals surface area contributed by atoms with Gasteiger partial charge in [0.15, 0.2) is 0 Å². The first-order valence-corrected chi connectivity index (χ1v) is 2.41. The van der Waals surface area contributed by atoms with E-state index in [9.17, 15) is 0 Å². The SMILES string of the molecule is C=C/C=N/C(C)C. The summed E-state index contributed by atoms with van der Waals surface area (Å²) < 4.78 is 0. The van der Waals surface area contributed by atoms with Gasteiger partial charge in [-0.2, -0.15) is 0 Å². The second kappa shape index (κ2) is 3.59. The molecule has 0 aliphatic carbocycles. The topological polar surface area (TPSA) is 12.4 Å². The van der Waals surface area contributed by atoms with Gasteiger partial charge in [0.1, 0.15) is 0 Å². The van der Waals surface area contributed by atoms with E-state index in [1.54, 1.807) is 12.3 Å². The van der Waals surface area contributed by atoms with Crippen LogP contribution in [-0.4, -0.2) is 12.3 Å². The van der Waals surface area contributed by atoms with Crippen molar-refractivity contribution in [3.8, 4) is 0 Å². The van der Waals surface area contributed by atoms with Gasteiger partial charge in [-0.15, -0.1) is 0 Å². The van der Waals surface area contributed by atoms with Gasteiger partial charge in [-0.1, -0.05) is 12.7 Å². The van der Waals surface area contributed by atoms with Gasteiger partial charge in [0.05, 0.1) is 0 Å². The fraction of sp³-hybridized carbons (Fsp3) is 0.500. The van der Waals surface area contributed by atoms with Crippen molar-refractivity contribution < 1.29 is 0 Å². The molecule has 0 aromatic rings. The molecular formula is C6H11N. The summed E-state index contributed by atoms with van der Waals surface area (Å²) >= 11 is 0. The van der Waals surface area contributed by atoms with Crippen LogP contribution in [0.3, 0.4) is 0 Å². The maximum Gasteiger partial charge on any atom is 0.0443 e. The van der Waals surface area contributed by atoms with E-state index in [4.69, 9.17) is 0 Å². The lowest BCUT2D eigenvalue weighted by molar-refractivity contribution is 0.842. The molecule has 0 radical (unpaired) electrons. The zero-order chi connectivity index (χ0) is 5.70. The van der Waals surface area contributed by atoms with Crippen molar-refractivity contribution in [3.63, 3.8) is 0 Å². The summed E-state index contributed by atoms with van der Waals surface area (Å²) in [6.07, 6.45) is 3.39. The van der Waals surface area contributed by atoms with Crippen molar-refractivity contribution >= 4 is 6.21 Å². The average molecular weight is 97.2 g/mol. The third-order valence-electron chi connectivity index (χ3n) is 0.490. The fourth-order valence-corrected chi connectivity index (χ4v) is 0.233. The van der Waals surface area contributed by atoms with E-state index < -0.39 is 0 Å². The van der Waals surface area contributed by atoms with E-state index in [0.717, 1.165) is 0 Å². The van der Waals surface area contributed by atoms with Gasteiger partial charge in [0.2, 0.25) is 0 Å². The number of allylic oxidation sites excluding steroid dienone is 1. The van der Waals surface area contributed by atoms with E-state index in [1.165, 1.54) is 0 Å². The lowest BCUT2D eigenvalue weighted by Gasteiger charge is -1.88. The van der Waals surface area contributed by atoms with Crippen LogP contribution in [0.1, 0.15) is 13.8 Å². The number of hydrogen-bond acceptors (Lipinski definition) is 1. The van der Waals surface area contributed by atoms with Crippen molar-refractivity contribution in [2.24, 2.45) is 4.99 Å². The quantitative estimate of drug-likeness (QED) is 0.464. The zero-order valence-electron chi connectivity index (χ0n) is 4.89. The molecule has 0 saturated heterocycles. The molecule has 0 aromatic heterocycles. The van der Waals surface area contributed by atoms with Crippen LogP contribution in [0.15, 0.2) is 17.6 Å². The van der Waals surface area contributed by atoms with Gasteiger partial charge in [-0.05, 0) is 13.8 Å². The molecule has 40 valence electrons. The molecule has 0 aliphatic rings. The third kappa shape index (κ3) is 5.41. The second-order valence-electron chi connectivity index (χ2n) is 1.63. The van der Waals surface area contributed by atoms with Gasteiger partial charge in [-0.3, -0.25) is 4.99 Å². The molecule has 0 fully saturated rings. The number of nitrogens with zero attached hydrogens (tertiary/aromatic N) is 1. The van der Waals surface area contributed by atoms with Gasteiger partial charge in [0.25, 0.3) is 0 Å². The maximum absolute atomic E-state index is 4.00. The van der Waals surface area contributed by atoms with E-state index in [2.05, 4.69) is 11.6 Å². The summed E-state index contributed by atoms with van der Waals surface area (Å²) in [5, 5.41) is 0. The molecule has 1 heteroatoms. The molecule has 7 heavy (non-hydrogen) atoms. The Morgan fingerprint density at radius 1 is 1.57 bits per heavy atom. The van der Waals surface area contributed by atoms with E-state index in [0.29, 0.717) is 6.04 Å². The van der Waals surface area contributed by atoms with Crippen LogP contribution in [-0.2, 0) is 0 Å². The highest BCUT2D eigenvalue weighted by Crippen LogP contribution is 1.81. The van der Waals surface area contributed by atoms with E-state index in [1.807, 2.05) is 13.8 Å². The summed E-state index contributed by atoms with van der Waals surface area (Å²) in [4.78, 5) is 4.00.